The van der Waals surface area contributed by atoms with Crippen molar-refractivity contribution in [3.8, 4) is 5.75 Å². The lowest BCUT2D eigenvalue weighted by atomic mass is 9.96. The number of hydrogen-bond donors (Lipinski definition) is 0. The summed E-state index contributed by atoms with van der Waals surface area (Å²) < 4.78 is 9.84. The molecule has 3 aromatic rings. The Morgan fingerprint density at radius 2 is 1.56 bits per heavy atom. The van der Waals surface area contributed by atoms with Gasteiger partial charge in [-0.3, -0.25) is 9.59 Å². The van der Waals surface area contributed by atoms with Crippen LogP contribution in [-0.4, -0.2) is 22.7 Å². The first kappa shape index (κ1) is 22.4. The summed E-state index contributed by atoms with van der Waals surface area (Å²) in [6, 6.07) is 23.2. The molecule has 0 spiro atoms. The molecule has 0 amide bonds. The lowest BCUT2D eigenvalue weighted by Gasteiger charge is -2.18. The molecular formula is C26H22Cl2O4. The first-order valence-electron chi connectivity index (χ1n) is 10.3. The molecule has 1 unspecified atom stereocenters. The Hall–Kier alpha value is -2.82. The molecule has 1 fully saturated rings. The number of hydrogen-bond acceptors (Lipinski definition) is 4. The summed E-state index contributed by atoms with van der Waals surface area (Å²) in [6.45, 7) is 2.46. The minimum absolute atomic E-state index is 0.0113. The molecule has 1 saturated carbocycles. The predicted octanol–water partition coefficient (Wildman–Crippen LogP) is 5.88. The van der Waals surface area contributed by atoms with E-state index >= 15 is 0 Å². The highest BCUT2D eigenvalue weighted by Gasteiger charge is 2.73. The van der Waals surface area contributed by atoms with Gasteiger partial charge in [0.2, 0.25) is 0 Å². The maximum Gasteiger partial charge on any atom is 0.320 e. The van der Waals surface area contributed by atoms with Crippen molar-refractivity contribution in [1.82, 2.24) is 0 Å². The van der Waals surface area contributed by atoms with E-state index < -0.39 is 15.7 Å². The summed E-state index contributed by atoms with van der Waals surface area (Å²) in [5.41, 5.74) is 1.39. The van der Waals surface area contributed by atoms with E-state index in [2.05, 4.69) is 0 Å². The summed E-state index contributed by atoms with van der Waals surface area (Å²) in [5, 5.41) is 0. The summed E-state index contributed by atoms with van der Waals surface area (Å²) in [4.78, 5) is 25.8. The molecule has 0 saturated heterocycles. The van der Waals surface area contributed by atoms with Crippen LogP contribution in [0.25, 0.3) is 0 Å². The molecular weight excluding hydrogens is 447 g/mol. The van der Waals surface area contributed by atoms with Crippen LogP contribution in [0.1, 0.15) is 40.4 Å². The second-order valence-corrected chi connectivity index (χ2v) is 9.20. The molecule has 0 N–H and O–H groups in total. The maximum atomic E-state index is 13.1. The van der Waals surface area contributed by atoms with Crippen LogP contribution in [0.15, 0.2) is 78.9 Å². The molecule has 0 heterocycles. The highest BCUT2D eigenvalue weighted by Crippen LogP contribution is 2.65. The molecule has 0 aromatic heterocycles. The van der Waals surface area contributed by atoms with Crippen LogP contribution in [0.2, 0.25) is 0 Å². The van der Waals surface area contributed by atoms with Gasteiger partial charge in [-0.25, -0.2) is 0 Å². The van der Waals surface area contributed by atoms with Crippen molar-refractivity contribution in [2.24, 2.45) is 0 Å². The SMILES string of the molecule is CCOc1ccc(C2(C(=O)OCc3cccc(C(=O)c4ccccc4)c3)CC2(Cl)Cl)cc1. The van der Waals surface area contributed by atoms with Crippen molar-refractivity contribution in [2.75, 3.05) is 6.61 Å². The molecule has 32 heavy (non-hydrogen) atoms. The van der Waals surface area contributed by atoms with Gasteiger partial charge < -0.3 is 9.47 Å². The number of ketones is 1. The Labute approximate surface area is 197 Å². The lowest BCUT2D eigenvalue weighted by molar-refractivity contribution is -0.148. The van der Waals surface area contributed by atoms with Crippen LogP contribution >= 0.6 is 23.2 Å². The van der Waals surface area contributed by atoms with Gasteiger partial charge in [-0.15, -0.1) is 0 Å². The summed E-state index contributed by atoms with van der Waals surface area (Å²) >= 11 is 12.8. The average molecular weight is 469 g/mol. The number of esters is 1. The second-order valence-electron chi connectivity index (χ2n) is 7.72. The molecule has 6 heteroatoms. The molecule has 3 aromatic carbocycles. The van der Waals surface area contributed by atoms with E-state index in [0.717, 1.165) is 0 Å². The Bertz CT molecular complexity index is 1130. The first-order valence-corrected chi connectivity index (χ1v) is 11.1. The van der Waals surface area contributed by atoms with Gasteiger partial charge in [0, 0.05) is 17.5 Å². The van der Waals surface area contributed by atoms with E-state index in [-0.39, 0.29) is 18.8 Å². The lowest BCUT2D eigenvalue weighted by Crippen LogP contribution is -2.28. The fourth-order valence-corrected chi connectivity index (χ4v) is 4.55. The van der Waals surface area contributed by atoms with Gasteiger partial charge in [0.1, 0.15) is 22.1 Å². The summed E-state index contributed by atoms with van der Waals surface area (Å²) in [6.07, 6.45) is 0.266. The van der Waals surface area contributed by atoms with Gasteiger partial charge in [0.05, 0.1) is 6.61 Å². The normalized spacial score (nSPS) is 18.6. The average Bonchev–Trinajstić information content (AvgIpc) is 3.41. The molecule has 4 nitrogen and oxygen atoms in total. The van der Waals surface area contributed by atoms with Gasteiger partial charge in [-0.2, -0.15) is 0 Å². The van der Waals surface area contributed by atoms with Gasteiger partial charge in [0.15, 0.2) is 5.78 Å². The number of benzene rings is 3. The maximum absolute atomic E-state index is 13.1. The van der Waals surface area contributed by atoms with E-state index in [1.807, 2.05) is 25.1 Å². The van der Waals surface area contributed by atoms with E-state index in [1.54, 1.807) is 60.7 Å². The summed E-state index contributed by atoms with van der Waals surface area (Å²) in [5.74, 6) is 0.119. The molecule has 1 aliphatic rings. The Balaban J connectivity index is 1.48. The van der Waals surface area contributed by atoms with Crippen molar-refractivity contribution in [3.63, 3.8) is 0 Å². The van der Waals surface area contributed by atoms with Crippen molar-refractivity contribution in [1.29, 1.82) is 0 Å². The number of alkyl halides is 2. The van der Waals surface area contributed by atoms with Crippen LogP contribution in [0, 0.1) is 0 Å². The van der Waals surface area contributed by atoms with Crippen molar-refractivity contribution in [2.45, 2.75) is 29.7 Å². The highest BCUT2D eigenvalue weighted by atomic mass is 35.5. The molecule has 0 radical (unpaired) electrons. The number of carbonyl (C=O) groups excluding carboxylic acids is 2. The largest absolute Gasteiger partial charge is 0.494 e. The van der Waals surface area contributed by atoms with Crippen molar-refractivity contribution < 1.29 is 19.1 Å². The highest BCUT2D eigenvalue weighted by molar-refractivity contribution is 6.54. The quantitative estimate of drug-likeness (QED) is 0.235. The van der Waals surface area contributed by atoms with E-state index in [1.165, 1.54) is 0 Å². The molecule has 1 atom stereocenters. The van der Waals surface area contributed by atoms with Crippen LogP contribution in [0.4, 0.5) is 0 Å². The van der Waals surface area contributed by atoms with E-state index in [0.29, 0.717) is 34.6 Å². The molecule has 0 aliphatic heterocycles. The van der Waals surface area contributed by atoms with Crippen LogP contribution in [0.5, 0.6) is 5.75 Å². The number of rotatable bonds is 8. The van der Waals surface area contributed by atoms with Crippen molar-refractivity contribution >= 4 is 35.0 Å². The monoisotopic (exact) mass is 468 g/mol. The fourth-order valence-electron chi connectivity index (χ4n) is 3.77. The van der Waals surface area contributed by atoms with Gasteiger partial charge in [-0.1, -0.05) is 83.9 Å². The third-order valence-electron chi connectivity index (χ3n) is 5.59. The minimum atomic E-state index is -1.23. The Morgan fingerprint density at radius 3 is 2.19 bits per heavy atom. The second kappa shape index (κ2) is 8.97. The fraction of sp³-hybridized carbons (Fsp3) is 0.231. The minimum Gasteiger partial charge on any atom is -0.494 e. The zero-order chi connectivity index (χ0) is 22.8. The van der Waals surface area contributed by atoms with Gasteiger partial charge in [0.25, 0.3) is 0 Å². The van der Waals surface area contributed by atoms with Crippen molar-refractivity contribution in [3.05, 3.63) is 101 Å². The molecule has 1 aliphatic carbocycles. The Kier molecular flexibility index (Phi) is 6.27. The van der Waals surface area contributed by atoms with E-state index in [9.17, 15) is 9.59 Å². The van der Waals surface area contributed by atoms with Crippen LogP contribution < -0.4 is 4.74 Å². The Morgan fingerprint density at radius 1 is 0.906 bits per heavy atom. The zero-order valence-corrected chi connectivity index (χ0v) is 19.0. The topological polar surface area (TPSA) is 52.6 Å². The van der Waals surface area contributed by atoms with Gasteiger partial charge >= 0.3 is 5.97 Å². The third kappa shape index (κ3) is 4.25. The van der Waals surface area contributed by atoms with E-state index in [4.69, 9.17) is 32.7 Å². The van der Waals surface area contributed by atoms with Crippen LogP contribution in [0.3, 0.4) is 0 Å². The van der Waals surface area contributed by atoms with Gasteiger partial charge in [-0.05, 0) is 36.2 Å². The molecule has 4 rings (SSSR count). The molecule has 164 valence electrons. The van der Waals surface area contributed by atoms with Crippen LogP contribution in [-0.2, 0) is 21.6 Å². The third-order valence-corrected chi connectivity index (χ3v) is 6.50. The number of ether oxygens (including phenoxy) is 2. The first-order chi connectivity index (χ1) is 15.4. The number of halogens is 2. The summed E-state index contributed by atoms with van der Waals surface area (Å²) in [7, 11) is 0. The predicted molar refractivity (Wildman–Crippen MR) is 124 cm³/mol. The smallest absolute Gasteiger partial charge is 0.320 e. The number of carbonyl (C=O) groups is 2. The zero-order valence-electron chi connectivity index (χ0n) is 17.5. The molecule has 0 bridgehead atoms. The standard InChI is InChI=1S/C26H22Cl2O4/c1-2-31-22-13-11-21(12-14-22)25(17-26(25,27)28)24(30)32-16-18-7-6-10-20(15-18)23(29)19-8-4-3-5-9-19/h3-15H,2,16-17H2,1H3.